The van der Waals surface area contributed by atoms with Crippen LogP contribution in [0, 0.1) is 11.8 Å². The molecule has 174 valence electrons. The molecule has 1 unspecified atom stereocenters. The molecule has 0 bridgehead atoms. The lowest BCUT2D eigenvalue weighted by atomic mass is 9.83. The molecule has 1 aliphatic heterocycles. The standard InChI is InChI=1S/C22H29N3O4.CH2O2/c26-19-12-18(22(29-19)9-1-2-10-22)21(28)25-17-7-5-16(6-8-17)20(27)24-14-15-4-3-11-23-13-15;2-1-3/h3-4,11,13,16-18H,1-2,5-10,12,14H2,(H,24,27)(H,25,28);1H,(H,2,3). The molecular weight excluding hydrogens is 414 g/mol. The number of nitrogens with zero attached hydrogens (tertiary/aromatic N) is 1. The molecule has 1 saturated heterocycles. The number of hydrogen-bond acceptors (Lipinski definition) is 6. The number of hydrogen-bond donors (Lipinski definition) is 3. The highest BCUT2D eigenvalue weighted by Crippen LogP contribution is 2.45. The summed E-state index contributed by atoms with van der Waals surface area (Å²) in [6, 6.07) is 3.86. The zero-order chi connectivity index (χ0) is 23.0. The summed E-state index contributed by atoms with van der Waals surface area (Å²) in [5.41, 5.74) is 0.417. The number of ether oxygens (including phenoxy) is 1. The van der Waals surface area contributed by atoms with Crippen molar-refractivity contribution in [1.82, 2.24) is 15.6 Å². The van der Waals surface area contributed by atoms with Crippen LogP contribution in [0.15, 0.2) is 24.5 Å². The predicted molar refractivity (Wildman–Crippen MR) is 114 cm³/mol. The number of carbonyl (C=O) groups is 4. The van der Waals surface area contributed by atoms with E-state index < -0.39 is 5.60 Å². The van der Waals surface area contributed by atoms with Gasteiger partial charge in [-0.15, -0.1) is 0 Å². The summed E-state index contributed by atoms with van der Waals surface area (Å²) in [7, 11) is 0. The van der Waals surface area contributed by atoms with Gasteiger partial charge >= 0.3 is 5.97 Å². The van der Waals surface area contributed by atoms with E-state index in [4.69, 9.17) is 14.6 Å². The van der Waals surface area contributed by atoms with E-state index in [-0.39, 0.29) is 48.6 Å². The maximum Gasteiger partial charge on any atom is 0.307 e. The van der Waals surface area contributed by atoms with Crippen molar-refractivity contribution in [2.24, 2.45) is 11.8 Å². The van der Waals surface area contributed by atoms with Gasteiger partial charge in [-0.05, 0) is 63.0 Å². The monoisotopic (exact) mass is 445 g/mol. The van der Waals surface area contributed by atoms with Crippen molar-refractivity contribution in [2.45, 2.75) is 76.0 Å². The molecule has 32 heavy (non-hydrogen) atoms. The second-order valence-corrected chi connectivity index (χ2v) is 8.74. The molecule has 2 amide bonds. The number of esters is 1. The van der Waals surface area contributed by atoms with E-state index in [0.29, 0.717) is 6.54 Å². The van der Waals surface area contributed by atoms with E-state index >= 15 is 0 Å². The first kappa shape index (κ1) is 23.7. The number of rotatable bonds is 5. The first-order chi connectivity index (χ1) is 15.5. The second kappa shape index (κ2) is 11.1. The van der Waals surface area contributed by atoms with Crippen LogP contribution in [0.3, 0.4) is 0 Å². The van der Waals surface area contributed by atoms with E-state index in [1.165, 1.54) is 0 Å². The molecule has 1 aromatic heterocycles. The minimum Gasteiger partial charge on any atom is -0.483 e. The molecule has 3 aliphatic rings. The molecule has 3 fully saturated rings. The highest BCUT2D eigenvalue weighted by molar-refractivity contribution is 5.88. The van der Waals surface area contributed by atoms with Gasteiger partial charge in [0.1, 0.15) is 5.60 Å². The fourth-order valence-corrected chi connectivity index (χ4v) is 5.09. The maximum absolute atomic E-state index is 12.9. The van der Waals surface area contributed by atoms with Gasteiger partial charge in [-0.2, -0.15) is 0 Å². The van der Waals surface area contributed by atoms with Gasteiger partial charge in [-0.25, -0.2) is 0 Å². The van der Waals surface area contributed by atoms with Gasteiger partial charge in [0.25, 0.3) is 6.47 Å². The summed E-state index contributed by atoms with van der Waals surface area (Å²) in [6.45, 7) is 0.237. The van der Waals surface area contributed by atoms with E-state index in [0.717, 1.165) is 56.9 Å². The van der Waals surface area contributed by atoms with Crippen molar-refractivity contribution < 1.29 is 29.0 Å². The maximum atomic E-state index is 12.9. The van der Waals surface area contributed by atoms with Gasteiger partial charge in [0.2, 0.25) is 11.8 Å². The van der Waals surface area contributed by atoms with Crippen LogP contribution >= 0.6 is 0 Å². The predicted octanol–water partition coefficient (Wildman–Crippen LogP) is 1.95. The minimum absolute atomic E-state index is 0.0163. The number of carbonyl (C=O) groups excluding carboxylic acids is 3. The molecule has 9 heteroatoms. The number of amides is 2. The van der Waals surface area contributed by atoms with Crippen LogP contribution in [0.25, 0.3) is 0 Å². The molecule has 1 aromatic rings. The molecular formula is C23H31N3O6. The highest BCUT2D eigenvalue weighted by atomic mass is 16.6. The van der Waals surface area contributed by atoms with Crippen molar-refractivity contribution in [3.63, 3.8) is 0 Å². The number of aromatic nitrogens is 1. The van der Waals surface area contributed by atoms with Crippen LogP contribution in [0.1, 0.15) is 63.4 Å². The third-order valence-electron chi connectivity index (χ3n) is 6.72. The average Bonchev–Trinajstić information content (AvgIpc) is 3.40. The average molecular weight is 446 g/mol. The van der Waals surface area contributed by atoms with Gasteiger partial charge in [-0.3, -0.25) is 24.2 Å². The number of nitrogens with one attached hydrogen (secondary N) is 2. The quantitative estimate of drug-likeness (QED) is 0.466. The smallest absolute Gasteiger partial charge is 0.307 e. The Bertz CT molecular complexity index is 801. The normalized spacial score (nSPS) is 25.9. The van der Waals surface area contributed by atoms with Gasteiger partial charge in [-0.1, -0.05) is 6.07 Å². The van der Waals surface area contributed by atoms with Gasteiger partial charge in [0.05, 0.1) is 12.3 Å². The topological polar surface area (TPSA) is 135 Å². The molecule has 2 heterocycles. The van der Waals surface area contributed by atoms with Crippen LogP contribution in [0.2, 0.25) is 0 Å². The van der Waals surface area contributed by atoms with Crippen LogP contribution in [-0.4, -0.2) is 46.0 Å². The summed E-state index contributed by atoms with van der Waals surface area (Å²) in [5.74, 6) is -0.614. The van der Waals surface area contributed by atoms with E-state index in [9.17, 15) is 14.4 Å². The highest BCUT2D eigenvalue weighted by Gasteiger charge is 2.54. The Kier molecular flexibility index (Phi) is 8.19. The first-order valence-electron chi connectivity index (χ1n) is 11.2. The molecule has 2 saturated carbocycles. The minimum atomic E-state index is -0.565. The molecule has 1 atom stereocenters. The summed E-state index contributed by atoms with van der Waals surface area (Å²) < 4.78 is 5.59. The zero-order valence-electron chi connectivity index (χ0n) is 18.1. The number of pyridine rings is 1. The van der Waals surface area contributed by atoms with E-state index in [2.05, 4.69) is 15.6 Å². The van der Waals surface area contributed by atoms with Crippen LogP contribution in [0.5, 0.6) is 0 Å². The van der Waals surface area contributed by atoms with Crippen LogP contribution < -0.4 is 10.6 Å². The van der Waals surface area contributed by atoms with Crippen molar-refractivity contribution in [2.75, 3.05) is 0 Å². The van der Waals surface area contributed by atoms with Gasteiger partial charge in [0, 0.05) is 30.9 Å². The zero-order valence-corrected chi connectivity index (χ0v) is 18.1. The number of carboxylic acid groups (broad SMARTS) is 1. The van der Waals surface area contributed by atoms with E-state index in [1.54, 1.807) is 12.4 Å². The van der Waals surface area contributed by atoms with Crippen LogP contribution in [-0.2, 0) is 30.5 Å². The fraction of sp³-hybridized carbons (Fsp3) is 0.609. The molecule has 3 N–H and O–H groups in total. The molecule has 1 spiro atoms. The Labute approximate surface area is 187 Å². The Morgan fingerprint density at radius 1 is 1.19 bits per heavy atom. The summed E-state index contributed by atoms with van der Waals surface area (Å²) in [4.78, 5) is 49.6. The molecule has 0 radical (unpaired) electrons. The molecule has 0 aromatic carbocycles. The summed E-state index contributed by atoms with van der Waals surface area (Å²) in [6.07, 6.45) is 10.3. The van der Waals surface area contributed by atoms with Gasteiger partial charge < -0.3 is 20.5 Å². The fourth-order valence-electron chi connectivity index (χ4n) is 5.09. The Morgan fingerprint density at radius 2 is 1.88 bits per heavy atom. The largest absolute Gasteiger partial charge is 0.483 e. The summed E-state index contributed by atoms with van der Waals surface area (Å²) in [5, 5.41) is 13.0. The SMILES string of the molecule is O=C1CC(C(=O)NC2CCC(C(=O)NCc3cccnc3)CC2)C2(CCCC2)O1.O=CO. The lowest BCUT2D eigenvalue weighted by molar-refractivity contribution is -0.150. The lowest BCUT2D eigenvalue weighted by Crippen LogP contribution is -2.47. The third kappa shape index (κ3) is 5.83. The Morgan fingerprint density at radius 3 is 2.50 bits per heavy atom. The van der Waals surface area contributed by atoms with Gasteiger partial charge in [0.15, 0.2) is 0 Å². The van der Waals surface area contributed by atoms with Crippen molar-refractivity contribution in [3.05, 3.63) is 30.1 Å². The van der Waals surface area contributed by atoms with Crippen molar-refractivity contribution >= 4 is 24.3 Å². The van der Waals surface area contributed by atoms with Crippen molar-refractivity contribution in [1.29, 1.82) is 0 Å². The van der Waals surface area contributed by atoms with Crippen molar-refractivity contribution in [3.8, 4) is 0 Å². The summed E-state index contributed by atoms with van der Waals surface area (Å²) >= 11 is 0. The second-order valence-electron chi connectivity index (χ2n) is 8.74. The Balaban J connectivity index is 0.000000913. The van der Waals surface area contributed by atoms with E-state index in [1.807, 2.05) is 12.1 Å². The van der Waals surface area contributed by atoms with Crippen LogP contribution in [0.4, 0.5) is 0 Å². The molecule has 9 nitrogen and oxygen atoms in total. The molecule has 2 aliphatic carbocycles. The molecule has 4 rings (SSSR count). The lowest BCUT2D eigenvalue weighted by Gasteiger charge is -2.32. The Hall–Kier alpha value is -2.97. The third-order valence-corrected chi connectivity index (χ3v) is 6.72. The first-order valence-corrected chi connectivity index (χ1v) is 11.2.